The number of hydrogen-bond acceptors (Lipinski definition) is 5. The van der Waals surface area contributed by atoms with E-state index in [4.69, 9.17) is 14.2 Å². The molecule has 1 amide bonds. The van der Waals surface area contributed by atoms with Crippen LogP contribution in [0.2, 0.25) is 0 Å². The average molecular weight is 638 g/mol. The average Bonchev–Trinajstić information content (AvgIpc) is 2.92. The van der Waals surface area contributed by atoms with Gasteiger partial charge in [-0.25, -0.2) is 5.43 Å². The van der Waals surface area contributed by atoms with Gasteiger partial charge in [-0.15, -0.1) is 0 Å². The molecule has 4 aromatic rings. The van der Waals surface area contributed by atoms with E-state index < -0.39 is 0 Å². The fourth-order valence-electron chi connectivity index (χ4n) is 3.56. The summed E-state index contributed by atoms with van der Waals surface area (Å²) in [5.74, 6) is 1.24. The highest BCUT2D eigenvalue weighted by atomic mass is 79.9. The summed E-state index contributed by atoms with van der Waals surface area (Å²) in [4.78, 5) is 12.8. The van der Waals surface area contributed by atoms with Gasteiger partial charge in [0, 0.05) is 15.6 Å². The van der Waals surface area contributed by atoms with Crippen LogP contribution in [0.1, 0.15) is 32.6 Å². The standard InChI is InChI=1S/C30H26Br2N2O4/c1-20-8-10-22(11-9-20)19-38-29-24(14-25(31)16-26(29)32)17-33-34-30(35)23-12-13-27(28(15-23)36-2)37-18-21-6-4-3-5-7-21/h3-17H,18-19H2,1-2H3,(H,34,35)/b33-17+. The molecule has 4 rings (SSSR count). The molecule has 0 saturated heterocycles. The van der Waals surface area contributed by atoms with Crippen LogP contribution in [-0.4, -0.2) is 19.2 Å². The van der Waals surface area contributed by atoms with Crippen molar-refractivity contribution in [1.29, 1.82) is 0 Å². The molecule has 0 aliphatic rings. The SMILES string of the molecule is COc1cc(C(=O)N/N=C/c2cc(Br)cc(Br)c2OCc2ccc(C)cc2)ccc1OCc1ccccc1. The molecule has 194 valence electrons. The van der Waals surface area contributed by atoms with Gasteiger partial charge in [-0.1, -0.05) is 76.1 Å². The Kier molecular flexibility index (Phi) is 9.56. The van der Waals surface area contributed by atoms with Crippen LogP contribution >= 0.6 is 31.9 Å². The molecule has 0 aliphatic carbocycles. The van der Waals surface area contributed by atoms with E-state index in [1.54, 1.807) is 24.4 Å². The third kappa shape index (κ3) is 7.46. The molecule has 8 heteroatoms. The number of nitrogens with zero attached hydrogens (tertiary/aromatic N) is 1. The zero-order chi connectivity index (χ0) is 26.9. The van der Waals surface area contributed by atoms with Crippen LogP contribution in [-0.2, 0) is 13.2 Å². The van der Waals surface area contributed by atoms with Crippen LogP contribution in [0.4, 0.5) is 0 Å². The molecule has 1 N–H and O–H groups in total. The summed E-state index contributed by atoms with van der Waals surface area (Å²) in [7, 11) is 1.54. The topological polar surface area (TPSA) is 69.2 Å². The smallest absolute Gasteiger partial charge is 0.271 e. The largest absolute Gasteiger partial charge is 0.493 e. The fraction of sp³-hybridized carbons (Fsp3) is 0.133. The predicted molar refractivity (Wildman–Crippen MR) is 156 cm³/mol. The van der Waals surface area contributed by atoms with E-state index in [1.807, 2.05) is 73.7 Å². The van der Waals surface area contributed by atoms with Gasteiger partial charge in [0.1, 0.15) is 19.0 Å². The molecule has 38 heavy (non-hydrogen) atoms. The fourth-order valence-corrected chi connectivity index (χ4v) is 4.93. The van der Waals surface area contributed by atoms with Crippen molar-refractivity contribution in [1.82, 2.24) is 5.43 Å². The lowest BCUT2D eigenvalue weighted by Gasteiger charge is -2.13. The zero-order valence-electron chi connectivity index (χ0n) is 20.9. The van der Waals surface area contributed by atoms with Crippen molar-refractivity contribution in [2.45, 2.75) is 20.1 Å². The normalized spacial score (nSPS) is 10.8. The number of aryl methyl sites for hydroxylation is 1. The number of carbonyl (C=O) groups excluding carboxylic acids is 1. The first-order valence-corrected chi connectivity index (χ1v) is 13.4. The third-order valence-electron chi connectivity index (χ3n) is 5.57. The second-order valence-corrected chi connectivity index (χ2v) is 10.2. The van der Waals surface area contributed by atoms with E-state index in [9.17, 15) is 4.79 Å². The summed E-state index contributed by atoms with van der Waals surface area (Å²) in [5.41, 5.74) is 6.92. The molecule has 0 fully saturated rings. The number of hydrazone groups is 1. The number of benzene rings is 4. The molecule has 0 bridgehead atoms. The van der Waals surface area contributed by atoms with E-state index in [1.165, 1.54) is 12.7 Å². The highest BCUT2D eigenvalue weighted by Crippen LogP contribution is 2.33. The molecule has 6 nitrogen and oxygen atoms in total. The summed E-state index contributed by atoms with van der Waals surface area (Å²) in [6.07, 6.45) is 1.55. The van der Waals surface area contributed by atoms with Crippen LogP contribution in [0, 0.1) is 6.92 Å². The molecule has 0 saturated carbocycles. The first-order valence-electron chi connectivity index (χ1n) is 11.8. The quantitative estimate of drug-likeness (QED) is 0.145. The number of methoxy groups -OCH3 is 1. The number of ether oxygens (including phenoxy) is 3. The van der Waals surface area contributed by atoms with Gasteiger partial charge in [0.15, 0.2) is 11.5 Å². The third-order valence-corrected chi connectivity index (χ3v) is 6.62. The Labute approximate surface area is 238 Å². The molecular weight excluding hydrogens is 612 g/mol. The summed E-state index contributed by atoms with van der Waals surface area (Å²) < 4.78 is 19.0. The molecule has 0 unspecified atom stereocenters. The number of amides is 1. The van der Waals surface area contributed by atoms with Crippen LogP contribution in [0.15, 0.2) is 99.0 Å². The van der Waals surface area contributed by atoms with E-state index in [2.05, 4.69) is 42.4 Å². The zero-order valence-corrected chi connectivity index (χ0v) is 24.1. The maximum Gasteiger partial charge on any atom is 0.271 e. The van der Waals surface area contributed by atoms with E-state index in [0.717, 1.165) is 20.1 Å². The Bertz CT molecular complexity index is 1420. The molecular formula is C30H26Br2N2O4. The first kappa shape index (κ1) is 27.4. The highest BCUT2D eigenvalue weighted by molar-refractivity contribution is 9.11. The molecule has 0 heterocycles. The molecule has 0 aromatic heterocycles. The number of nitrogens with one attached hydrogen (secondary N) is 1. The summed E-state index contributed by atoms with van der Waals surface area (Å²) >= 11 is 7.06. The number of hydrogen-bond donors (Lipinski definition) is 1. The summed E-state index contributed by atoms with van der Waals surface area (Å²) in [6, 6.07) is 26.7. The van der Waals surface area contributed by atoms with Gasteiger partial charge < -0.3 is 14.2 Å². The van der Waals surface area contributed by atoms with Gasteiger partial charge in [0.2, 0.25) is 0 Å². The Hall–Kier alpha value is -3.62. The lowest BCUT2D eigenvalue weighted by atomic mass is 10.1. The lowest BCUT2D eigenvalue weighted by molar-refractivity contribution is 0.0954. The van der Waals surface area contributed by atoms with Gasteiger partial charge in [-0.3, -0.25) is 4.79 Å². The van der Waals surface area contributed by atoms with Gasteiger partial charge >= 0.3 is 0 Å². The maximum atomic E-state index is 12.8. The number of rotatable bonds is 10. The molecule has 0 radical (unpaired) electrons. The Morgan fingerprint density at radius 3 is 2.32 bits per heavy atom. The second-order valence-electron chi connectivity index (χ2n) is 8.42. The van der Waals surface area contributed by atoms with E-state index in [0.29, 0.717) is 41.6 Å². The molecule has 4 aromatic carbocycles. The first-order chi connectivity index (χ1) is 18.4. The van der Waals surface area contributed by atoms with Crippen LogP contribution in [0.25, 0.3) is 0 Å². The number of carbonyl (C=O) groups is 1. The maximum absolute atomic E-state index is 12.8. The van der Waals surface area contributed by atoms with Gasteiger partial charge in [-0.2, -0.15) is 5.10 Å². The minimum Gasteiger partial charge on any atom is -0.493 e. The van der Waals surface area contributed by atoms with Crippen molar-refractivity contribution in [2.24, 2.45) is 5.10 Å². The second kappa shape index (κ2) is 13.3. The Morgan fingerprint density at radius 2 is 1.58 bits per heavy atom. The van der Waals surface area contributed by atoms with E-state index >= 15 is 0 Å². The minimum absolute atomic E-state index is 0.384. The van der Waals surface area contributed by atoms with Crippen molar-refractivity contribution in [2.75, 3.05) is 7.11 Å². The van der Waals surface area contributed by atoms with Crippen LogP contribution in [0.3, 0.4) is 0 Å². The minimum atomic E-state index is -0.384. The lowest BCUT2D eigenvalue weighted by Crippen LogP contribution is -2.17. The van der Waals surface area contributed by atoms with Gasteiger partial charge in [0.25, 0.3) is 5.91 Å². The molecule has 0 spiro atoms. The van der Waals surface area contributed by atoms with Crippen LogP contribution in [0.5, 0.6) is 17.2 Å². The van der Waals surface area contributed by atoms with Crippen molar-refractivity contribution in [3.05, 3.63) is 122 Å². The van der Waals surface area contributed by atoms with Crippen molar-refractivity contribution in [3.8, 4) is 17.2 Å². The van der Waals surface area contributed by atoms with Crippen molar-refractivity contribution >= 4 is 44.0 Å². The molecule has 0 atom stereocenters. The Morgan fingerprint density at radius 1 is 0.868 bits per heavy atom. The van der Waals surface area contributed by atoms with Crippen LogP contribution < -0.4 is 19.6 Å². The predicted octanol–water partition coefficient (Wildman–Crippen LogP) is 7.45. The summed E-state index contributed by atoms with van der Waals surface area (Å²) in [5, 5.41) is 4.16. The molecule has 0 aliphatic heterocycles. The number of halogens is 2. The van der Waals surface area contributed by atoms with Gasteiger partial charge in [-0.05, 0) is 64.3 Å². The summed E-state index contributed by atoms with van der Waals surface area (Å²) in [6.45, 7) is 2.83. The monoisotopic (exact) mass is 636 g/mol. The van der Waals surface area contributed by atoms with Gasteiger partial charge in [0.05, 0.1) is 17.8 Å². The Balaban J connectivity index is 1.43. The van der Waals surface area contributed by atoms with E-state index in [-0.39, 0.29) is 5.91 Å². The van der Waals surface area contributed by atoms with Crippen molar-refractivity contribution in [3.63, 3.8) is 0 Å². The highest BCUT2D eigenvalue weighted by Gasteiger charge is 2.13. The van der Waals surface area contributed by atoms with Crippen molar-refractivity contribution < 1.29 is 19.0 Å².